The SMILES string of the molecule is COC(=O)C(CN)c1ccc(O)cc1. The number of hydrogen-bond acceptors (Lipinski definition) is 4. The molecule has 0 saturated heterocycles. The molecule has 0 aromatic heterocycles. The zero-order valence-corrected chi connectivity index (χ0v) is 7.93. The van der Waals surface area contributed by atoms with E-state index in [9.17, 15) is 4.79 Å². The minimum absolute atomic E-state index is 0.161. The minimum atomic E-state index is -0.458. The van der Waals surface area contributed by atoms with Gasteiger partial charge in [0.1, 0.15) is 5.75 Å². The molecule has 0 aliphatic carbocycles. The summed E-state index contributed by atoms with van der Waals surface area (Å²) in [6.45, 7) is 0.192. The Labute approximate surface area is 82.3 Å². The molecule has 1 atom stereocenters. The molecule has 0 spiro atoms. The molecule has 1 aromatic carbocycles. The summed E-state index contributed by atoms with van der Waals surface area (Å²) in [4.78, 5) is 11.3. The number of aromatic hydroxyl groups is 1. The summed E-state index contributed by atoms with van der Waals surface area (Å²) in [5.41, 5.74) is 6.20. The molecule has 3 N–H and O–H groups in total. The summed E-state index contributed by atoms with van der Waals surface area (Å²) < 4.78 is 4.61. The van der Waals surface area contributed by atoms with Crippen molar-refractivity contribution < 1.29 is 14.6 Å². The average Bonchev–Trinajstić information content (AvgIpc) is 2.21. The molecule has 0 amide bonds. The second-order valence-electron chi connectivity index (χ2n) is 2.90. The second kappa shape index (κ2) is 4.62. The lowest BCUT2D eigenvalue weighted by molar-refractivity contribution is -0.142. The molecule has 1 unspecified atom stereocenters. The standard InChI is InChI=1S/C10H13NO3/c1-14-10(13)9(6-11)7-2-4-8(12)5-3-7/h2-5,9,12H,6,11H2,1H3. The first-order valence-electron chi connectivity index (χ1n) is 4.26. The summed E-state index contributed by atoms with van der Waals surface area (Å²) in [5, 5.41) is 9.06. The smallest absolute Gasteiger partial charge is 0.314 e. The maximum atomic E-state index is 11.3. The van der Waals surface area contributed by atoms with Crippen LogP contribution in [0.5, 0.6) is 5.75 Å². The predicted octanol–water partition coefficient (Wildman–Crippen LogP) is 0.607. The van der Waals surface area contributed by atoms with Gasteiger partial charge in [-0.15, -0.1) is 0 Å². The molecule has 0 bridgehead atoms. The lowest BCUT2D eigenvalue weighted by Crippen LogP contribution is -2.22. The molecule has 14 heavy (non-hydrogen) atoms. The van der Waals surface area contributed by atoms with Crippen molar-refractivity contribution in [2.24, 2.45) is 5.73 Å². The van der Waals surface area contributed by atoms with E-state index >= 15 is 0 Å². The fourth-order valence-corrected chi connectivity index (χ4v) is 1.22. The van der Waals surface area contributed by atoms with Crippen LogP contribution >= 0.6 is 0 Å². The Morgan fingerprint density at radius 3 is 2.50 bits per heavy atom. The number of carbonyl (C=O) groups is 1. The van der Waals surface area contributed by atoms with Crippen molar-refractivity contribution in [2.45, 2.75) is 5.92 Å². The number of esters is 1. The maximum absolute atomic E-state index is 11.3. The Morgan fingerprint density at radius 1 is 1.50 bits per heavy atom. The Bertz CT molecular complexity index is 308. The van der Waals surface area contributed by atoms with E-state index in [1.54, 1.807) is 12.1 Å². The van der Waals surface area contributed by atoms with Gasteiger partial charge in [-0.3, -0.25) is 4.79 Å². The van der Waals surface area contributed by atoms with E-state index in [-0.39, 0.29) is 18.3 Å². The zero-order chi connectivity index (χ0) is 10.6. The highest BCUT2D eigenvalue weighted by Gasteiger charge is 2.19. The summed E-state index contributed by atoms with van der Waals surface area (Å²) >= 11 is 0. The quantitative estimate of drug-likeness (QED) is 0.693. The van der Waals surface area contributed by atoms with Gasteiger partial charge in [-0.25, -0.2) is 0 Å². The summed E-state index contributed by atoms with van der Waals surface area (Å²) in [5.74, 6) is -0.659. The number of hydrogen-bond donors (Lipinski definition) is 2. The fraction of sp³-hybridized carbons (Fsp3) is 0.300. The van der Waals surface area contributed by atoms with Gasteiger partial charge in [0.15, 0.2) is 0 Å². The maximum Gasteiger partial charge on any atom is 0.314 e. The highest BCUT2D eigenvalue weighted by molar-refractivity contribution is 5.78. The van der Waals surface area contributed by atoms with Crippen LogP contribution in [0, 0.1) is 0 Å². The van der Waals surface area contributed by atoms with Crippen LogP contribution in [0.3, 0.4) is 0 Å². The first kappa shape index (κ1) is 10.5. The molecular formula is C10H13NO3. The Kier molecular flexibility index (Phi) is 3.48. The van der Waals surface area contributed by atoms with Crippen molar-refractivity contribution in [3.63, 3.8) is 0 Å². The lowest BCUT2D eigenvalue weighted by Gasteiger charge is -2.12. The van der Waals surface area contributed by atoms with E-state index in [0.29, 0.717) is 0 Å². The average molecular weight is 195 g/mol. The van der Waals surface area contributed by atoms with E-state index in [2.05, 4.69) is 4.74 Å². The molecule has 76 valence electrons. The van der Waals surface area contributed by atoms with E-state index < -0.39 is 5.92 Å². The number of phenols is 1. The van der Waals surface area contributed by atoms with Crippen molar-refractivity contribution in [3.05, 3.63) is 29.8 Å². The van der Waals surface area contributed by atoms with Crippen molar-refractivity contribution in [1.29, 1.82) is 0 Å². The van der Waals surface area contributed by atoms with Crippen LogP contribution in [0.15, 0.2) is 24.3 Å². The number of nitrogens with two attached hydrogens (primary N) is 1. The van der Waals surface area contributed by atoms with Crippen molar-refractivity contribution >= 4 is 5.97 Å². The first-order valence-corrected chi connectivity index (χ1v) is 4.26. The zero-order valence-electron chi connectivity index (χ0n) is 7.93. The van der Waals surface area contributed by atoms with Crippen LogP contribution in [0.1, 0.15) is 11.5 Å². The third-order valence-electron chi connectivity index (χ3n) is 2.02. The van der Waals surface area contributed by atoms with Crippen molar-refractivity contribution in [3.8, 4) is 5.75 Å². The Hall–Kier alpha value is -1.55. The molecule has 0 aliphatic rings. The topological polar surface area (TPSA) is 72.5 Å². The van der Waals surface area contributed by atoms with Crippen molar-refractivity contribution in [1.82, 2.24) is 0 Å². The molecule has 0 saturated carbocycles. The molecule has 4 heteroatoms. The Morgan fingerprint density at radius 2 is 2.07 bits per heavy atom. The lowest BCUT2D eigenvalue weighted by atomic mass is 9.99. The third-order valence-corrected chi connectivity index (χ3v) is 2.02. The highest BCUT2D eigenvalue weighted by atomic mass is 16.5. The summed E-state index contributed by atoms with van der Waals surface area (Å²) in [7, 11) is 1.32. The van der Waals surface area contributed by atoms with Crippen molar-refractivity contribution in [2.75, 3.05) is 13.7 Å². The van der Waals surface area contributed by atoms with Crippen LogP contribution < -0.4 is 5.73 Å². The molecule has 1 aromatic rings. The molecular weight excluding hydrogens is 182 g/mol. The van der Waals surface area contributed by atoms with Crippen LogP contribution in [0.4, 0.5) is 0 Å². The number of benzene rings is 1. The molecule has 0 fully saturated rings. The van der Waals surface area contributed by atoms with Gasteiger partial charge in [0, 0.05) is 6.54 Å². The van der Waals surface area contributed by atoms with Crippen LogP contribution in [-0.4, -0.2) is 24.7 Å². The van der Waals surface area contributed by atoms with E-state index in [0.717, 1.165) is 5.56 Å². The summed E-state index contributed by atoms with van der Waals surface area (Å²) in [6.07, 6.45) is 0. The van der Waals surface area contributed by atoms with Gasteiger partial charge in [0.25, 0.3) is 0 Å². The third kappa shape index (κ3) is 2.23. The number of methoxy groups -OCH3 is 1. The molecule has 1 rings (SSSR count). The molecule has 0 aliphatic heterocycles. The number of phenolic OH excluding ortho intramolecular Hbond substituents is 1. The largest absolute Gasteiger partial charge is 0.508 e. The van der Waals surface area contributed by atoms with Gasteiger partial charge < -0.3 is 15.6 Å². The number of rotatable bonds is 3. The van der Waals surface area contributed by atoms with Gasteiger partial charge in [-0.2, -0.15) is 0 Å². The number of ether oxygens (including phenoxy) is 1. The molecule has 4 nitrogen and oxygen atoms in total. The molecule has 0 heterocycles. The van der Waals surface area contributed by atoms with E-state index in [4.69, 9.17) is 10.8 Å². The van der Waals surface area contributed by atoms with E-state index in [1.807, 2.05) is 0 Å². The van der Waals surface area contributed by atoms with Crippen LogP contribution in [-0.2, 0) is 9.53 Å². The molecule has 0 radical (unpaired) electrons. The first-order chi connectivity index (χ1) is 6.69. The number of carbonyl (C=O) groups excluding carboxylic acids is 1. The highest BCUT2D eigenvalue weighted by Crippen LogP contribution is 2.18. The minimum Gasteiger partial charge on any atom is -0.508 e. The van der Waals surface area contributed by atoms with Crippen LogP contribution in [0.2, 0.25) is 0 Å². The monoisotopic (exact) mass is 195 g/mol. The fourth-order valence-electron chi connectivity index (χ4n) is 1.22. The second-order valence-corrected chi connectivity index (χ2v) is 2.90. The van der Waals surface area contributed by atoms with E-state index in [1.165, 1.54) is 19.2 Å². The van der Waals surface area contributed by atoms with Gasteiger partial charge in [-0.05, 0) is 17.7 Å². The normalized spacial score (nSPS) is 12.1. The van der Waals surface area contributed by atoms with Gasteiger partial charge in [-0.1, -0.05) is 12.1 Å². The summed E-state index contributed by atoms with van der Waals surface area (Å²) in [6, 6.07) is 6.34. The predicted molar refractivity (Wildman–Crippen MR) is 51.9 cm³/mol. The van der Waals surface area contributed by atoms with Crippen LogP contribution in [0.25, 0.3) is 0 Å². The Balaban J connectivity index is 2.89. The van der Waals surface area contributed by atoms with Gasteiger partial charge >= 0.3 is 5.97 Å². The van der Waals surface area contributed by atoms with Gasteiger partial charge in [0.2, 0.25) is 0 Å². The van der Waals surface area contributed by atoms with Gasteiger partial charge in [0.05, 0.1) is 13.0 Å².